The minimum absolute atomic E-state index is 0.109. The van der Waals surface area contributed by atoms with Crippen LogP contribution in [0.15, 0.2) is 4.99 Å². The second-order valence-electron chi connectivity index (χ2n) is 6.85. The topological polar surface area (TPSA) is 60.0 Å². The monoisotopic (exact) mass is 343 g/mol. The largest absolute Gasteiger partial charge is 0.355 e. The van der Waals surface area contributed by atoms with E-state index in [2.05, 4.69) is 45.5 Å². The Balaban J connectivity index is 2.40. The van der Waals surface area contributed by atoms with Gasteiger partial charge in [-0.3, -0.25) is 14.7 Å². The molecule has 0 spiro atoms. The summed E-state index contributed by atoms with van der Waals surface area (Å²) < 4.78 is 0.187. The van der Waals surface area contributed by atoms with Crippen LogP contribution in [0.2, 0.25) is 0 Å². The van der Waals surface area contributed by atoms with Crippen molar-refractivity contribution in [2.45, 2.75) is 38.5 Å². The van der Waals surface area contributed by atoms with E-state index >= 15 is 0 Å². The van der Waals surface area contributed by atoms with Crippen molar-refractivity contribution in [1.82, 2.24) is 20.4 Å². The molecule has 1 aliphatic rings. The van der Waals surface area contributed by atoms with Crippen molar-refractivity contribution in [1.29, 1.82) is 0 Å². The van der Waals surface area contributed by atoms with Crippen LogP contribution in [-0.4, -0.2) is 85.0 Å². The highest BCUT2D eigenvalue weighted by Crippen LogP contribution is 2.19. The molecule has 6 nitrogen and oxygen atoms in total. The Morgan fingerprint density at radius 1 is 1.26 bits per heavy atom. The van der Waals surface area contributed by atoms with E-state index in [4.69, 9.17) is 0 Å². The van der Waals surface area contributed by atoms with E-state index in [1.165, 1.54) is 0 Å². The number of carbonyl (C=O) groups is 1. The van der Waals surface area contributed by atoms with E-state index < -0.39 is 0 Å². The maximum Gasteiger partial charge on any atom is 0.234 e. The summed E-state index contributed by atoms with van der Waals surface area (Å²) >= 11 is 1.85. The zero-order valence-corrected chi connectivity index (χ0v) is 16.3. The molecule has 1 amide bonds. The smallest absolute Gasteiger partial charge is 0.234 e. The minimum Gasteiger partial charge on any atom is -0.355 e. The van der Waals surface area contributed by atoms with Crippen LogP contribution in [0.3, 0.4) is 0 Å². The number of thioether (sulfide) groups is 1. The average molecular weight is 344 g/mol. The third-order valence-electron chi connectivity index (χ3n) is 3.93. The van der Waals surface area contributed by atoms with Gasteiger partial charge in [0.05, 0.1) is 6.54 Å². The van der Waals surface area contributed by atoms with Gasteiger partial charge in [-0.05, 0) is 34.0 Å². The molecule has 1 fully saturated rings. The number of nitrogens with zero attached hydrogens (tertiary/aromatic N) is 3. The number of hydrogen-bond acceptors (Lipinski definition) is 4. The predicted octanol–water partition coefficient (Wildman–Crippen LogP) is 0.846. The number of piperazine rings is 1. The summed E-state index contributed by atoms with van der Waals surface area (Å²) in [4.78, 5) is 20.7. The molecule has 1 heterocycles. The molecule has 0 unspecified atom stereocenters. The van der Waals surface area contributed by atoms with Crippen LogP contribution < -0.4 is 10.6 Å². The molecular formula is C16H33N5OS. The van der Waals surface area contributed by atoms with E-state index in [0.717, 1.165) is 38.7 Å². The molecule has 1 rings (SSSR count). The van der Waals surface area contributed by atoms with Crippen LogP contribution in [0.25, 0.3) is 0 Å². The molecule has 23 heavy (non-hydrogen) atoms. The molecule has 0 radical (unpaired) electrons. The summed E-state index contributed by atoms with van der Waals surface area (Å²) in [5.41, 5.74) is 0. The molecule has 1 aliphatic heterocycles. The van der Waals surface area contributed by atoms with Crippen LogP contribution in [0.1, 0.15) is 27.7 Å². The van der Waals surface area contributed by atoms with Crippen molar-refractivity contribution < 1.29 is 4.79 Å². The molecular weight excluding hydrogens is 310 g/mol. The van der Waals surface area contributed by atoms with Crippen molar-refractivity contribution >= 4 is 23.6 Å². The van der Waals surface area contributed by atoms with Gasteiger partial charge in [-0.1, -0.05) is 0 Å². The van der Waals surface area contributed by atoms with Gasteiger partial charge >= 0.3 is 0 Å². The van der Waals surface area contributed by atoms with Gasteiger partial charge < -0.3 is 15.5 Å². The van der Waals surface area contributed by atoms with Gasteiger partial charge in [-0.25, -0.2) is 0 Å². The molecule has 0 atom stereocenters. The van der Waals surface area contributed by atoms with Crippen molar-refractivity contribution in [2.24, 2.45) is 4.99 Å². The molecule has 0 aromatic rings. The van der Waals surface area contributed by atoms with Crippen LogP contribution in [-0.2, 0) is 4.79 Å². The first kappa shape index (κ1) is 20.1. The molecule has 0 aliphatic carbocycles. The third-order valence-corrected chi connectivity index (χ3v) is 5.17. The molecule has 1 saturated heterocycles. The molecule has 0 bridgehead atoms. The van der Waals surface area contributed by atoms with Crippen LogP contribution in [0.5, 0.6) is 0 Å². The lowest BCUT2D eigenvalue weighted by Crippen LogP contribution is -2.55. The predicted molar refractivity (Wildman–Crippen MR) is 100 cm³/mol. The second-order valence-corrected chi connectivity index (χ2v) is 8.36. The number of guanidine groups is 1. The Hall–Kier alpha value is -0.950. The Kier molecular flexibility index (Phi) is 8.19. The van der Waals surface area contributed by atoms with E-state index in [1.54, 1.807) is 0 Å². The molecule has 0 aromatic heterocycles. The highest BCUT2D eigenvalue weighted by atomic mass is 32.2. The van der Waals surface area contributed by atoms with Gasteiger partial charge in [-0.2, -0.15) is 11.8 Å². The summed E-state index contributed by atoms with van der Waals surface area (Å²) in [5.74, 6) is 1.07. The first-order valence-electron chi connectivity index (χ1n) is 8.30. The lowest BCUT2D eigenvalue weighted by atomic mass is 10.2. The quantitative estimate of drug-likeness (QED) is 0.553. The zero-order chi connectivity index (χ0) is 17.5. The molecule has 0 saturated carbocycles. The van der Waals surface area contributed by atoms with E-state index in [9.17, 15) is 4.79 Å². The van der Waals surface area contributed by atoms with Gasteiger partial charge in [0.25, 0.3) is 0 Å². The Labute approximate surface area is 145 Å². The fraction of sp³-hybridized carbons (Fsp3) is 0.875. The van der Waals surface area contributed by atoms with Crippen LogP contribution in [0, 0.1) is 0 Å². The summed E-state index contributed by atoms with van der Waals surface area (Å²) in [6, 6.07) is 0.201. The fourth-order valence-corrected chi connectivity index (χ4v) is 2.60. The summed E-state index contributed by atoms with van der Waals surface area (Å²) in [6.45, 7) is 13.4. The average Bonchev–Trinajstić information content (AvgIpc) is 2.48. The van der Waals surface area contributed by atoms with Crippen molar-refractivity contribution in [3.63, 3.8) is 0 Å². The first-order chi connectivity index (χ1) is 10.8. The van der Waals surface area contributed by atoms with Crippen LogP contribution >= 0.6 is 11.8 Å². The van der Waals surface area contributed by atoms with Crippen molar-refractivity contribution in [3.05, 3.63) is 0 Å². The third kappa shape index (κ3) is 7.44. The standard InChI is InChI=1S/C16H33N5OS/c1-13(2)19-14(22)11-20-7-9-21(10-8-20)15(17-5)18-12-16(3,4)23-6/h13H,7-12H2,1-6H3,(H,17,18)(H,19,22). The number of nitrogens with one attached hydrogen (secondary N) is 2. The van der Waals surface area contributed by atoms with E-state index in [1.807, 2.05) is 32.7 Å². The lowest BCUT2D eigenvalue weighted by Gasteiger charge is -2.37. The van der Waals surface area contributed by atoms with Crippen LogP contribution in [0.4, 0.5) is 0 Å². The molecule has 7 heteroatoms. The normalized spacial score (nSPS) is 17.5. The van der Waals surface area contributed by atoms with Gasteiger partial charge in [0, 0.05) is 50.6 Å². The highest BCUT2D eigenvalue weighted by molar-refractivity contribution is 7.99. The summed E-state index contributed by atoms with van der Waals surface area (Å²) in [6.07, 6.45) is 2.13. The highest BCUT2D eigenvalue weighted by Gasteiger charge is 2.23. The molecule has 2 N–H and O–H groups in total. The summed E-state index contributed by atoms with van der Waals surface area (Å²) in [7, 11) is 1.83. The number of amides is 1. The second kappa shape index (κ2) is 9.37. The van der Waals surface area contributed by atoms with Crippen molar-refractivity contribution in [3.8, 4) is 0 Å². The lowest BCUT2D eigenvalue weighted by molar-refractivity contribution is -0.123. The number of hydrogen-bond donors (Lipinski definition) is 2. The van der Waals surface area contributed by atoms with Gasteiger partial charge in [-0.15, -0.1) is 0 Å². The number of carbonyl (C=O) groups excluding carboxylic acids is 1. The number of aliphatic imine (C=N–C) groups is 1. The minimum atomic E-state index is 0.109. The Morgan fingerprint density at radius 2 is 1.87 bits per heavy atom. The Morgan fingerprint density at radius 3 is 2.35 bits per heavy atom. The first-order valence-corrected chi connectivity index (χ1v) is 9.52. The van der Waals surface area contributed by atoms with Crippen molar-refractivity contribution in [2.75, 3.05) is 52.6 Å². The fourth-order valence-electron chi connectivity index (χ4n) is 2.38. The van der Waals surface area contributed by atoms with E-state index in [-0.39, 0.29) is 16.7 Å². The molecule has 0 aromatic carbocycles. The SMILES string of the molecule is CN=C(NCC(C)(C)SC)N1CCN(CC(=O)NC(C)C)CC1. The number of rotatable bonds is 6. The maximum absolute atomic E-state index is 11.8. The summed E-state index contributed by atoms with van der Waals surface area (Å²) in [5, 5.41) is 6.42. The van der Waals surface area contributed by atoms with E-state index in [0.29, 0.717) is 6.54 Å². The van der Waals surface area contributed by atoms with Gasteiger partial charge in [0.2, 0.25) is 5.91 Å². The maximum atomic E-state index is 11.8. The van der Waals surface area contributed by atoms with Gasteiger partial charge in [0.15, 0.2) is 5.96 Å². The van der Waals surface area contributed by atoms with Gasteiger partial charge in [0.1, 0.15) is 0 Å². The zero-order valence-electron chi connectivity index (χ0n) is 15.5. The Bertz CT molecular complexity index is 403. The molecule has 134 valence electrons.